The lowest BCUT2D eigenvalue weighted by Gasteiger charge is -2.05. The molecular weight excluding hydrogens is 388 g/mol. The molecule has 1 N–H and O–H groups in total. The van der Waals surface area contributed by atoms with Crippen LogP contribution in [-0.2, 0) is 0 Å². The van der Waals surface area contributed by atoms with Crippen molar-refractivity contribution in [2.45, 2.75) is 0 Å². The summed E-state index contributed by atoms with van der Waals surface area (Å²) in [7, 11) is 0. The van der Waals surface area contributed by atoms with Gasteiger partial charge < -0.3 is 5.11 Å². The second-order valence-corrected chi connectivity index (χ2v) is 6.41. The third-order valence-electron chi connectivity index (χ3n) is 4.18. The zero-order valence-corrected chi connectivity index (χ0v) is 16.4. The normalized spacial score (nSPS) is 11.6. The molecule has 0 radical (unpaired) electrons. The maximum Gasteiger partial charge on any atom is 0.157 e. The summed E-state index contributed by atoms with van der Waals surface area (Å²) in [5.41, 5.74) is 2.82. The van der Waals surface area contributed by atoms with Crippen molar-refractivity contribution in [2.75, 3.05) is 0 Å². The Bertz CT molecular complexity index is 1220. The number of phenolic OH excluding ortho intramolecular Hbond substituents is 1. The van der Waals surface area contributed by atoms with Crippen LogP contribution in [0.2, 0.25) is 0 Å². The summed E-state index contributed by atoms with van der Waals surface area (Å²) in [4.78, 5) is 0. The van der Waals surface area contributed by atoms with Gasteiger partial charge in [-0.1, -0.05) is 54.6 Å². The molecule has 4 aromatic rings. The van der Waals surface area contributed by atoms with Crippen LogP contribution in [0.3, 0.4) is 0 Å². The monoisotopic (exact) mass is 406 g/mol. The van der Waals surface area contributed by atoms with Crippen molar-refractivity contribution in [3.05, 3.63) is 103 Å². The summed E-state index contributed by atoms with van der Waals surface area (Å²) < 4.78 is 0. The molecule has 7 heteroatoms. The Labute approximate surface area is 179 Å². The Morgan fingerprint density at radius 3 is 1.29 bits per heavy atom. The molecule has 0 aliphatic heterocycles. The minimum atomic E-state index is -0.0830. The first kappa shape index (κ1) is 19.8. The van der Waals surface area contributed by atoms with Gasteiger partial charge in [0.2, 0.25) is 0 Å². The molecule has 0 heterocycles. The second-order valence-electron chi connectivity index (χ2n) is 6.41. The molecule has 4 aromatic carbocycles. The number of azo groups is 3. The molecule has 4 rings (SSSR count). The van der Waals surface area contributed by atoms with E-state index in [-0.39, 0.29) is 17.1 Å². The number of aromatic hydroxyl groups is 1. The van der Waals surface area contributed by atoms with Crippen LogP contribution < -0.4 is 0 Å². The Kier molecular flexibility index (Phi) is 6.25. The fourth-order valence-corrected chi connectivity index (χ4v) is 2.65. The summed E-state index contributed by atoms with van der Waals surface area (Å²) in [5, 5.41) is 36.0. The summed E-state index contributed by atoms with van der Waals surface area (Å²) in [5.74, 6) is -0.0830. The topological polar surface area (TPSA) is 94.4 Å². The van der Waals surface area contributed by atoms with Crippen LogP contribution in [-0.4, -0.2) is 5.11 Å². The average molecular weight is 406 g/mol. The van der Waals surface area contributed by atoms with Crippen LogP contribution in [0, 0.1) is 0 Å². The van der Waals surface area contributed by atoms with E-state index in [9.17, 15) is 5.11 Å². The molecule has 7 nitrogen and oxygen atoms in total. The molecule has 0 bridgehead atoms. The van der Waals surface area contributed by atoms with Gasteiger partial charge in [0.1, 0.15) is 17.1 Å². The minimum absolute atomic E-state index is 0.0830. The first-order valence-corrected chi connectivity index (χ1v) is 9.56. The largest absolute Gasteiger partial charge is 0.506 e. The molecule has 0 aliphatic carbocycles. The standard InChI is InChI=1S/C24H18N6O/c31-22-17-16-21(28-25-18-10-4-1-5-11-18)23(29-26-19-12-6-2-7-13-19)24(22)30-27-20-14-8-3-9-15-20/h1-17,31H. The van der Waals surface area contributed by atoms with Gasteiger partial charge in [0.15, 0.2) is 5.69 Å². The fraction of sp³-hybridized carbons (Fsp3) is 0. The van der Waals surface area contributed by atoms with Crippen LogP contribution in [0.25, 0.3) is 0 Å². The maximum absolute atomic E-state index is 10.4. The molecule has 0 atom stereocenters. The van der Waals surface area contributed by atoms with E-state index in [0.29, 0.717) is 22.7 Å². The van der Waals surface area contributed by atoms with Gasteiger partial charge in [-0.15, -0.1) is 15.3 Å². The van der Waals surface area contributed by atoms with Gasteiger partial charge in [-0.2, -0.15) is 15.3 Å². The predicted octanol–water partition coefficient (Wildman–Crippen LogP) is 8.64. The van der Waals surface area contributed by atoms with Crippen molar-refractivity contribution in [3.63, 3.8) is 0 Å². The van der Waals surface area contributed by atoms with E-state index in [4.69, 9.17) is 0 Å². The van der Waals surface area contributed by atoms with Crippen molar-refractivity contribution in [1.82, 2.24) is 0 Å². The second kappa shape index (κ2) is 9.80. The van der Waals surface area contributed by atoms with E-state index in [1.807, 2.05) is 91.0 Å². The fourth-order valence-electron chi connectivity index (χ4n) is 2.65. The van der Waals surface area contributed by atoms with Crippen LogP contribution in [0.15, 0.2) is 134 Å². The lowest BCUT2D eigenvalue weighted by Crippen LogP contribution is -1.74. The summed E-state index contributed by atoms with van der Waals surface area (Å²) in [6.07, 6.45) is 0. The van der Waals surface area contributed by atoms with Gasteiger partial charge in [-0.25, -0.2) is 0 Å². The smallest absolute Gasteiger partial charge is 0.157 e. The van der Waals surface area contributed by atoms with Gasteiger partial charge in [0.25, 0.3) is 0 Å². The van der Waals surface area contributed by atoms with E-state index in [2.05, 4.69) is 30.7 Å². The van der Waals surface area contributed by atoms with Gasteiger partial charge in [-0.3, -0.25) is 0 Å². The molecule has 31 heavy (non-hydrogen) atoms. The molecule has 0 saturated carbocycles. The molecule has 0 saturated heterocycles. The zero-order valence-electron chi connectivity index (χ0n) is 16.4. The molecule has 0 aromatic heterocycles. The van der Waals surface area contributed by atoms with E-state index < -0.39 is 0 Å². The third-order valence-corrected chi connectivity index (χ3v) is 4.18. The first-order valence-electron chi connectivity index (χ1n) is 9.56. The lowest BCUT2D eigenvalue weighted by atomic mass is 10.2. The number of rotatable bonds is 6. The van der Waals surface area contributed by atoms with Crippen molar-refractivity contribution < 1.29 is 5.11 Å². The predicted molar refractivity (Wildman–Crippen MR) is 120 cm³/mol. The molecule has 0 aliphatic rings. The Morgan fingerprint density at radius 1 is 0.387 bits per heavy atom. The van der Waals surface area contributed by atoms with E-state index in [1.165, 1.54) is 6.07 Å². The zero-order chi connectivity index (χ0) is 21.3. The Balaban J connectivity index is 1.77. The highest BCUT2D eigenvalue weighted by Crippen LogP contribution is 2.45. The summed E-state index contributed by atoms with van der Waals surface area (Å²) in [6, 6.07) is 30.9. The highest BCUT2D eigenvalue weighted by molar-refractivity contribution is 5.80. The SMILES string of the molecule is Oc1ccc(N=Nc2ccccc2)c(N=Nc2ccccc2)c1N=Nc1ccccc1. The van der Waals surface area contributed by atoms with E-state index in [0.717, 1.165) is 0 Å². The Hall–Kier alpha value is -4.52. The van der Waals surface area contributed by atoms with Crippen molar-refractivity contribution in [3.8, 4) is 5.75 Å². The van der Waals surface area contributed by atoms with E-state index in [1.54, 1.807) is 6.07 Å². The molecule has 0 unspecified atom stereocenters. The van der Waals surface area contributed by atoms with E-state index >= 15 is 0 Å². The Morgan fingerprint density at radius 2 is 0.806 bits per heavy atom. The maximum atomic E-state index is 10.4. The van der Waals surface area contributed by atoms with Crippen LogP contribution in [0.1, 0.15) is 0 Å². The number of phenols is 1. The molecule has 150 valence electrons. The lowest BCUT2D eigenvalue weighted by molar-refractivity contribution is 0.476. The van der Waals surface area contributed by atoms with Gasteiger partial charge >= 0.3 is 0 Å². The highest BCUT2D eigenvalue weighted by Gasteiger charge is 2.14. The highest BCUT2D eigenvalue weighted by atomic mass is 16.3. The number of nitrogens with zero attached hydrogens (tertiary/aromatic N) is 6. The van der Waals surface area contributed by atoms with Gasteiger partial charge in [-0.05, 0) is 48.5 Å². The molecular formula is C24H18N6O. The quantitative estimate of drug-likeness (QED) is 0.319. The number of hydrogen-bond donors (Lipinski definition) is 1. The summed E-state index contributed by atoms with van der Waals surface area (Å²) in [6.45, 7) is 0. The molecule has 0 fully saturated rings. The average Bonchev–Trinajstić information content (AvgIpc) is 2.83. The van der Waals surface area contributed by atoms with Crippen LogP contribution >= 0.6 is 0 Å². The minimum Gasteiger partial charge on any atom is -0.506 e. The van der Waals surface area contributed by atoms with Crippen molar-refractivity contribution in [2.24, 2.45) is 30.7 Å². The van der Waals surface area contributed by atoms with Crippen LogP contribution in [0.5, 0.6) is 5.75 Å². The van der Waals surface area contributed by atoms with Crippen molar-refractivity contribution >= 4 is 34.1 Å². The number of hydrogen-bond acceptors (Lipinski definition) is 7. The molecule has 0 amide bonds. The van der Waals surface area contributed by atoms with Crippen molar-refractivity contribution in [1.29, 1.82) is 0 Å². The summed E-state index contributed by atoms with van der Waals surface area (Å²) >= 11 is 0. The third kappa shape index (κ3) is 5.30. The molecule has 0 spiro atoms. The number of benzene rings is 4. The van der Waals surface area contributed by atoms with Crippen LogP contribution in [0.4, 0.5) is 34.1 Å². The first-order chi connectivity index (χ1) is 15.3. The van der Waals surface area contributed by atoms with Gasteiger partial charge in [0, 0.05) is 0 Å². The van der Waals surface area contributed by atoms with Gasteiger partial charge in [0.05, 0.1) is 17.1 Å².